The van der Waals surface area contributed by atoms with Crippen molar-refractivity contribution in [1.29, 1.82) is 0 Å². The first-order valence-corrected chi connectivity index (χ1v) is 11.4. The molecule has 1 N–H and O–H groups in total. The number of carbonyl (C=O) groups is 1. The smallest absolute Gasteiger partial charge is 0.264 e. The van der Waals surface area contributed by atoms with Gasteiger partial charge in [-0.25, -0.2) is 8.42 Å². The highest BCUT2D eigenvalue weighted by molar-refractivity contribution is 7.92. The van der Waals surface area contributed by atoms with Crippen LogP contribution in [0.15, 0.2) is 77.7 Å². The molecule has 0 radical (unpaired) electrons. The predicted molar refractivity (Wildman–Crippen MR) is 123 cm³/mol. The molecular weight excluding hydrogens is 412 g/mol. The highest BCUT2D eigenvalue weighted by Crippen LogP contribution is 2.26. The molecule has 0 heterocycles. The first kappa shape index (κ1) is 22.4. The molecule has 31 heavy (non-hydrogen) atoms. The van der Waals surface area contributed by atoms with E-state index in [2.05, 4.69) is 5.32 Å². The normalized spacial score (nSPS) is 11.1. The molecule has 0 aromatic heterocycles. The second kappa shape index (κ2) is 9.66. The maximum absolute atomic E-state index is 13.4. The van der Waals surface area contributed by atoms with Crippen LogP contribution in [0, 0.1) is 13.8 Å². The predicted octanol–water partition coefficient (Wildman–Crippen LogP) is 4.54. The van der Waals surface area contributed by atoms with Crippen LogP contribution < -0.4 is 14.4 Å². The van der Waals surface area contributed by atoms with Gasteiger partial charge in [0.05, 0.1) is 17.2 Å². The van der Waals surface area contributed by atoms with Gasteiger partial charge in [-0.15, -0.1) is 0 Å². The van der Waals surface area contributed by atoms with Gasteiger partial charge in [0.15, 0.2) is 0 Å². The Morgan fingerprint density at radius 3 is 1.97 bits per heavy atom. The lowest BCUT2D eigenvalue weighted by molar-refractivity contribution is -0.114. The number of nitrogens with zero attached hydrogens (tertiary/aromatic N) is 1. The van der Waals surface area contributed by atoms with Gasteiger partial charge in [0.2, 0.25) is 5.91 Å². The zero-order valence-corrected chi connectivity index (χ0v) is 18.6. The van der Waals surface area contributed by atoms with Crippen LogP contribution in [0.25, 0.3) is 0 Å². The number of ether oxygens (including phenoxy) is 1. The number of anilines is 2. The van der Waals surface area contributed by atoms with E-state index in [1.807, 2.05) is 32.9 Å². The highest BCUT2D eigenvalue weighted by atomic mass is 32.2. The van der Waals surface area contributed by atoms with Gasteiger partial charge >= 0.3 is 0 Å². The number of amides is 1. The lowest BCUT2D eigenvalue weighted by Gasteiger charge is -2.24. The standard InChI is InChI=1S/C24H26N2O4S/c1-4-30-22-13-11-21(12-14-22)26(31(28,29)23-15-7-19(3)8-16-23)17-24(27)25-20-9-5-18(2)6-10-20/h5-16H,4,17H2,1-3H3,(H,25,27). The molecule has 0 saturated heterocycles. The topological polar surface area (TPSA) is 75.7 Å². The molecule has 3 aromatic rings. The van der Waals surface area contributed by atoms with Crippen molar-refractivity contribution in [2.45, 2.75) is 25.7 Å². The average Bonchev–Trinajstić information content (AvgIpc) is 2.75. The van der Waals surface area contributed by atoms with E-state index in [1.165, 1.54) is 0 Å². The van der Waals surface area contributed by atoms with Gasteiger partial charge in [0.1, 0.15) is 12.3 Å². The lowest BCUT2D eigenvalue weighted by Crippen LogP contribution is -2.38. The van der Waals surface area contributed by atoms with Crippen molar-refractivity contribution in [2.24, 2.45) is 0 Å². The fourth-order valence-electron chi connectivity index (χ4n) is 3.00. The van der Waals surface area contributed by atoms with E-state index in [1.54, 1.807) is 60.7 Å². The zero-order chi connectivity index (χ0) is 22.4. The fourth-order valence-corrected chi connectivity index (χ4v) is 4.42. The molecule has 0 unspecified atom stereocenters. The molecule has 6 nitrogen and oxygen atoms in total. The van der Waals surface area contributed by atoms with E-state index in [-0.39, 0.29) is 11.4 Å². The summed E-state index contributed by atoms with van der Waals surface area (Å²) < 4.78 is 33.4. The van der Waals surface area contributed by atoms with Gasteiger partial charge in [-0.3, -0.25) is 9.10 Å². The molecule has 1 amide bonds. The molecule has 0 aliphatic rings. The molecular formula is C24H26N2O4S. The number of hydrogen-bond donors (Lipinski definition) is 1. The molecule has 3 aromatic carbocycles. The number of nitrogens with one attached hydrogen (secondary N) is 1. The van der Waals surface area contributed by atoms with E-state index in [0.29, 0.717) is 23.7 Å². The Bertz CT molecular complexity index is 1120. The fraction of sp³-hybridized carbons (Fsp3) is 0.208. The Morgan fingerprint density at radius 1 is 0.871 bits per heavy atom. The molecule has 0 spiro atoms. The Hall–Kier alpha value is -3.32. The van der Waals surface area contributed by atoms with E-state index >= 15 is 0 Å². The lowest BCUT2D eigenvalue weighted by atomic mass is 10.2. The third-order valence-electron chi connectivity index (χ3n) is 4.67. The summed E-state index contributed by atoms with van der Waals surface area (Å²) in [5.74, 6) is 0.191. The SMILES string of the molecule is CCOc1ccc(N(CC(=O)Nc2ccc(C)cc2)S(=O)(=O)c2ccc(C)cc2)cc1. The van der Waals surface area contributed by atoms with Crippen LogP contribution in [0.5, 0.6) is 5.75 Å². The quantitative estimate of drug-likeness (QED) is 0.560. The summed E-state index contributed by atoms with van der Waals surface area (Å²) in [5.41, 5.74) is 3.00. The van der Waals surface area contributed by atoms with Crippen LogP contribution >= 0.6 is 0 Å². The zero-order valence-electron chi connectivity index (χ0n) is 17.8. The maximum Gasteiger partial charge on any atom is 0.264 e. The number of rotatable bonds is 8. The Morgan fingerprint density at radius 2 is 1.42 bits per heavy atom. The van der Waals surface area contributed by atoms with Crippen LogP contribution in [0.3, 0.4) is 0 Å². The molecule has 0 aliphatic heterocycles. The minimum atomic E-state index is -3.96. The van der Waals surface area contributed by atoms with Crippen LogP contribution in [-0.4, -0.2) is 27.5 Å². The van der Waals surface area contributed by atoms with Gasteiger partial charge in [0.25, 0.3) is 10.0 Å². The van der Waals surface area contributed by atoms with E-state index < -0.39 is 15.9 Å². The molecule has 0 aliphatic carbocycles. The van der Waals surface area contributed by atoms with Crippen molar-refractivity contribution in [3.05, 3.63) is 83.9 Å². The van der Waals surface area contributed by atoms with Crippen molar-refractivity contribution in [1.82, 2.24) is 0 Å². The largest absolute Gasteiger partial charge is 0.494 e. The van der Waals surface area contributed by atoms with Gasteiger partial charge in [-0.1, -0.05) is 35.4 Å². The summed E-state index contributed by atoms with van der Waals surface area (Å²) in [7, 11) is -3.96. The molecule has 162 valence electrons. The van der Waals surface area contributed by atoms with Gasteiger partial charge in [-0.2, -0.15) is 0 Å². The average molecular weight is 439 g/mol. The first-order valence-electron chi connectivity index (χ1n) is 9.98. The monoisotopic (exact) mass is 438 g/mol. The van der Waals surface area contributed by atoms with Gasteiger partial charge in [-0.05, 0) is 69.3 Å². The number of carbonyl (C=O) groups excluding carboxylic acids is 1. The Labute approximate surface area is 183 Å². The minimum absolute atomic E-state index is 0.120. The highest BCUT2D eigenvalue weighted by Gasteiger charge is 2.27. The van der Waals surface area contributed by atoms with E-state index in [9.17, 15) is 13.2 Å². The Kier molecular flexibility index (Phi) is 6.97. The second-order valence-electron chi connectivity index (χ2n) is 7.17. The minimum Gasteiger partial charge on any atom is -0.494 e. The van der Waals surface area contributed by atoms with Crippen LogP contribution in [-0.2, 0) is 14.8 Å². The van der Waals surface area contributed by atoms with Crippen molar-refractivity contribution < 1.29 is 17.9 Å². The number of aryl methyl sites for hydroxylation is 2. The number of sulfonamides is 1. The summed E-state index contributed by atoms with van der Waals surface area (Å²) in [6.45, 7) is 5.85. The molecule has 3 rings (SSSR count). The molecule has 0 bridgehead atoms. The van der Waals surface area contributed by atoms with E-state index in [0.717, 1.165) is 15.4 Å². The van der Waals surface area contributed by atoms with Crippen LogP contribution in [0.2, 0.25) is 0 Å². The number of hydrogen-bond acceptors (Lipinski definition) is 4. The molecule has 0 atom stereocenters. The van der Waals surface area contributed by atoms with E-state index in [4.69, 9.17) is 4.74 Å². The van der Waals surface area contributed by atoms with Crippen LogP contribution in [0.1, 0.15) is 18.1 Å². The number of benzene rings is 3. The van der Waals surface area contributed by atoms with Crippen molar-refractivity contribution in [2.75, 3.05) is 22.8 Å². The third kappa shape index (κ3) is 5.64. The second-order valence-corrected chi connectivity index (χ2v) is 9.03. The van der Waals surface area contributed by atoms with Crippen molar-refractivity contribution in [3.63, 3.8) is 0 Å². The summed E-state index contributed by atoms with van der Waals surface area (Å²) >= 11 is 0. The summed E-state index contributed by atoms with van der Waals surface area (Å²) in [6.07, 6.45) is 0. The molecule has 0 fully saturated rings. The summed E-state index contributed by atoms with van der Waals surface area (Å²) in [5, 5.41) is 2.76. The van der Waals surface area contributed by atoms with Crippen LogP contribution in [0.4, 0.5) is 11.4 Å². The molecule has 0 saturated carbocycles. The Balaban J connectivity index is 1.92. The summed E-state index contributed by atoms with van der Waals surface area (Å²) in [6, 6.07) is 20.5. The molecule has 7 heteroatoms. The van der Waals surface area contributed by atoms with Crippen molar-refractivity contribution in [3.8, 4) is 5.75 Å². The maximum atomic E-state index is 13.4. The van der Waals surface area contributed by atoms with Crippen molar-refractivity contribution >= 4 is 27.3 Å². The summed E-state index contributed by atoms with van der Waals surface area (Å²) in [4.78, 5) is 12.9. The third-order valence-corrected chi connectivity index (χ3v) is 6.46. The first-order chi connectivity index (χ1) is 14.8. The van der Waals surface area contributed by atoms with Gasteiger partial charge in [0, 0.05) is 5.69 Å². The van der Waals surface area contributed by atoms with Gasteiger partial charge < -0.3 is 10.1 Å².